The fourth-order valence-electron chi connectivity index (χ4n) is 4.22. The van der Waals surface area contributed by atoms with Crippen LogP contribution in [0.25, 0.3) is 27.7 Å². The molecule has 0 spiro atoms. The van der Waals surface area contributed by atoms with Gasteiger partial charge in [0.15, 0.2) is 0 Å². The molecule has 0 fully saturated rings. The Morgan fingerprint density at radius 2 is 1.92 bits per heavy atom. The van der Waals surface area contributed by atoms with E-state index in [2.05, 4.69) is 37.8 Å². The summed E-state index contributed by atoms with van der Waals surface area (Å²) < 4.78 is 7.52. The highest BCUT2D eigenvalue weighted by molar-refractivity contribution is 5.92. The van der Waals surface area contributed by atoms with Crippen LogP contribution in [0.2, 0.25) is 0 Å². The van der Waals surface area contributed by atoms with E-state index in [4.69, 9.17) is 15.5 Å². The van der Waals surface area contributed by atoms with Gasteiger partial charge < -0.3 is 25.6 Å². The van der Waals surface area contributed by atoms with Gasteiger partial charge in [0.1, 0.15) is 5.75 Å². The van der Waals surface area contributed by atoms with Crippen LogP contribution in [0.4, 0.5) is 23.0 Å². The number of rotatable bonds is 9. The van der Waals surface area contributed by atoms with Crippen molar-refractivity contribution in [3.63, 3.8) is 0 Å². The lowest BCUT2D eigenvalue weighted by Crippen LogP contribution is -2.29. The molecule has 188 valence electrons. The first kappa shape index (κ1) is 25.0. The molecule has 0 saturated heterocycles. The molecule has 0 aliphatic heterocycles. The molecule has 0 aliphatic carbocycles. The monoisotopic (exact) mass is 486 g/mol. The Morgan fingerprint density at radius 3 is 2.61 bits per heavy atom. The third kappa shape index (κ3) is 5.11. The number of anilines is 4. The van der Waals surface area contributed by atoms with Gasteiger partial charge in [-0.1, -0.05) is 12.6 Å². The number of nitrogen functional groups attached to an aromatic ring is 1. The van der Waals surface area contributed by atoms with E-state index >= 15 is 0 Å². The van der Waals surface area contributed by atoms with E-state index in [0.29, 0.717) is 23.1 Å². The largest absolute Gasteiger partial charge is 0.494 e. The predicted molar refractivity (Wildman–Crippen MR) is 149 cm³/mol. The van der Waals surface area contributed by atoms with Crippen molar-refractivity contribution in [3.8, 4) is 17.0 Å². The van der Waals surface area contributed by atoms with Gasteiger partial charge in [0.2, 0.25) is 5.95 Å². The van der Waals surface area contributed by atoms with Crippen LogP contribution in [0.15, 0.2) is 49.2 Å². The predicted octanol–water partition coefficient (Wildman–Crippen LogP) is 4.40. The Kier molecular flexibility index (Phi) is 7.12. The smallest absolute Gasteiger partial charge is 0.227 e. The van der Waals surface area contributed by atoms with Gasteiger partial charge in [0.05, 0.1) is 41.1 Å². The topological polar surface area (TPSA) is 97.4 Å². The first-order chi connectivity index (χ1) is 17.2. The normalized spacial score (nSPS) is 11.2. The average Bonchev–Trinajstić information content (AvgIpc) is 3.18. The van der Waals surface area contributed by atoms with Gasteiger partial charge in [-0.25, -0.2) is 9.97 Å². The van der Waals surface area contributed by atoms with Gasteiger partial charge >= 0.3 is 0 Å². The van der Waals surface area contributed by atoms with Crippen LogP contribution in [0.5, 0.6) is 5.75 Å². The van der Waals surface area contributed by atoms with Gasteiger partial charge in [-0.05, 0) is 50.9 Å². The lowest BCUT2D eigenvalue weighted by atomic mass is 10.1. The summed E-state index contributed by atoms with van der Waals surface area (Å²) in [5.41, 5.74) is 13.3. The molecule has 9 nitrogen and oxygen atoms in total. The molecule has 9 heteroatoms. The Balaban J connectivity index is 1.64. The fraction of sp³-hybridized carbons (Fsp3) is 0.296. The Bertz CT molecular complexity index is 1410. The molecule has 2 aromatic heterocycles. The van der Waals surface area contributed by atoms with E-state index in [1.165, 1.54) is 0 Å². The number of nitrogens with one attached hydrogen (secondary N) is 1. The van der Waals surface area contributed by atoms with Crippen LogP contribution >= 0.6 is 0 Å². The molecule has 0 radical (unpaired) electrons. The van der Waals surface area contributed by atoms with Crippen LogP contribution in [0, 0.1) is 0 Å². The maximum absolute atomic E-state index is 6.41. The van der Waals surface area contributed by atoms with E-state index in [-0.39, 0.29) is 0 Å². The van der Waals surface area contributed by atoms with Crippen molar-refractivity contribution in [1.82, 2.24) is 24.6 Å². The maximum Gasteiger partial charge on any atom is 0.227 e. The summed E-state index contributed by atoms with van der Waals surface area (Å²) >= 11 is 0. The summed E-state index contributed by atoms with van der Waals surface area (Å²) in [6.45, 7) is 7.85. The third-order valence-corrected chi connectivity index (χ3v) is 6.08. The number of hydrogen-bond donors (Lipinski definition) is 2. The van der Waals surface area contributed by atoms with Crippen molar-refractivity contribution in [1.29, 1.82) is 0 Å². The molecule has 0 atom stereocenters. The minimum absolute atomic E-state index is 0.449. The molecule has 0 saturated carbocycles. The van der Waals surface area contributed by atoms with Crippen molar-refractivity contribution in [3.05, 3.63) is 54.9 Å². The number of hydrogen-bond acceptors (Lipinski definition) is 8. The number of nitrogens with two attached hydrogens (primary N) is 1. The molecule has 36 heavy (non-hydrogen) atoms. The van der Waals surface area contributed by atoms with E-state index in [0.717, 1.165) is 52.2 Å². The Labute approximate surface area is 212 Å². The minimum Gasteiger partial charge on any atom is -0.494 e. The van der Waals surface area contributed by atoms with Gasteiger partial charge in [-0.3, -0.25) is 4.68 Å². The van der Waals surface area contributed by atoms with Crippen LogP contribution < -0.4 is 20.7 Å². The van der Waals surface area contributed by atoms with Gasteiger partial charge in [-0.2, -0.15) is 5.10 Å². The zero-order valence-electron chi connectivity index (χ0n) is 21.8. The summed E-state index contributed by atoms with van der Waals surface area (Å²) in [6, 6.07) is 11.8. The fourth-order valence-corrected chi connectivity index (χ4v) is 4.22. The third-order valence-electron chi connectivity index (χ3n) is 6.08. The summed E-state index contributed by atoms with van der Waals surface area (Å²) in [6.07, 6.45) is 1.73. The summed E-state index contributed by atoms with van der Waals surface area (Å²) in [4.78, 5) is 13.4. The molecular weight excluding hydrogens is 452 g/mol. The lowest BCUT2D eigenvalue weighted by Gasteiger charge is -2.24. The SMILES string of the molecule is C=C(C)c1c2cc(-c3ccnc(Nc4cc(N)c(N(C)CCN(C)C)cc4OC)n3)ccc2nn1C. The number of allylic oxidation sites excluding steroid dienone is 1. The highest BCUT2D eigenvalue weighted by Crippen LogP contribution is 2.36. The number of aryl methyl sites for hydroxylation is 1. The van der Waals surface area contributed by atoms with Gasteiger partial charge in [-0.15, -0.1) is 0 Å². The lowest BCUT2D eigenvalue weighted by molar-refractivity contribution is 0.413. The molecule has 2 aromatic carbocycles. The van der Waals surface area contributed by atoms with Crippen molar-refractivity contribution in [2.75, 3.05) is 57.3 Å². The van der Waals surface area contributed by atoms with E-state index in [9.17, 15) is 0 Å². The minimum atomic E-state index is 0.449. The van der Waals surface area contributed by atoms with Crippen molar-refractivity contribution in [2.45, 2.75) is 6.92 Å². The second-order valence-electron chi connectivity index (χ2n) is 9.21. The average molecular weight is 487 g/mol. The first-order valence-electron chi connectivity index (χ1n) is 11.7. The number of likely N-dealkylation sites (N-methyl/N-ethyl adjacent to an activating group) is 2. The van der Waals surface area contributed by atoms with Crippen LogP contribution in [-0.4, -0.2) is 66.0 Å². The number of aromatic nitrogens is 4. The second-order valence-corrected chi connectivity index (χ2v) is 9.21. The van der Waals surface area contributed by atoms with Crippen LogP contribution in [-0.2, 0) is 7.05 Å². The van der Waals surface area contributed by atoms with E-state index in [1.807, 2.05) is 70.1 Å². The number of fused-ring (bicyclic) bond motifs is 1. The number of methoxy groups -OCH3 is 1. The highest BCUT2D eigenvalue weighted by atomic mass is 16.5. The molecule has 0 aliphatic rings. The second kappa shape index (κ2) is 10.2. The first-order valence-corrected chi connectivity index (χ1v) is 11.7. The van der Waals surface area contributed by atoms with Crippen molar-refractivity contribution in [2.24, 2.45) is 7.05 Å². The molecule has 0 amide bonds. The van der Waals surface area contributed by atoms with E-state index < -0.39 is 0 Å². The molecule has 2 heterocycles. The molecular formula is C27H34N8O. The number of nitrogens with zero attached hydrogens (tertiary/aromatic N) is 6. The van der Waals surface area contributed by atoms with Gasteiger partial charge in [0, 0.05) is 50.4 Å². The molecule has 0 unspecified atom stereocenters. The quantitative estimate of drug-likeness (QED) is 0.336. The molecule has 4 aromatic rings. The number of benzene rings is 2. The summed E-state index contributed by atoms with van der Waals surface area (Å²) in [7, 11) is 9.69. The van der Waals surface area contributed by atoms with E-state index in [1.54, 1.807) is 13.3 Å². The summed E-state index contributed by atoms with van der Waals surface area (Å²) in [5, 5.41) is 8.91. The summed E-state index contributed by atoms with van der Waals surface area (Å²) in [5.74, 6) is 1.11. The zero-order chi connectivity index (χ0) is 26.0. The molecule has 0 bridgehead atoms. The Hall–Kier alpha value is -4.11. The molecule has 4 rings (SSSR count). The zero-order valence-corrected chi connectivity index (χ0v) is 21.8. The van der Waals surface area contributed by atoms with Crippen molar-refractivity contribution < 1.29 is 4.74 Å². The van der Waals surface area contributed by atoms with Crippen LogP contribution in [0.1, 0.15) is 12.6 Å². The van der Waals surface area contributed by atoms with Crippen LogP contribution in [0.3, 0.4) is 0 Å². The number of ether oxygens (including phenoxy) is 1. The van der Waals surface area contributed by atoms with Crippen molar-refractivity contribution >= 4 is 39.5 Å². The Morgan fingerprint density at radius 1 is 1.14 bits per heavy atom. The maximum atomic E-state index is 6.41. The standard InChI is InChI=1S/C27H34N8O/c1-17(2)26-19-14-18(8-9-22(19)32-35(26)6)21-10-11-29-27(30-21)31-23-15-20(28)24(16-25(23)36-7)34(5)13-12-33(3)4/h8-11,14-16H,1,12-13,28H2,2-7H3,(H,29,30,31). The highest BCUT2D eigenvalue weighted by Gasteiger charge is 2.15. The van der Waals surface area contributed by atoms with Gasteiger partial charge in [0.25, 0.3) is 0 Å². The molecule has 3 N–H and O–H groups in total.